The van der Waals surface area contributed by atoms with Gasteiger partial charge in [0.15, 0.2) is 5.69 Å². The van der Waals surface area contributed by atoms with Gasteiger partial charge in [0.1, 0.15) is 11.5 Å². The Morgan fingerprint density at radius 1 is 1.63 bits per heavy atom. The minimum Gasteiger partial charge on any atom is -0.458 e. The molecule has 1 saturated heterocycles. The van der Waals surface area contributed by atoms with Gasteiger partial charge in [0.2, 0.25) is 0 Å². The van der Waals surface area contributed by atoms with Crippen molar-refractivity contribution < 1.29 is 22.7 Å². The van der Waals surface area contributed by atoms with Crippen LogP contribution in [0.1, 0.15) is 29.0 Å². The van der Waals surface area contributed by atoms with Gasteiger partial charge in [-0.05, 0) is 19.8 Å². The van der Waals surface area contributed by atoms with E-state index in [1.807, 2.05) is 0 Å². The molecule has 1 aromatic rings. The number of aryl methyl sites for hydroxylation is 1. The van der Waals surface area contributed by atoms with Crippen molar-refractivity contribution in [2.45, 2.75) is 30.8 Å². The van der Waals surface area contributed by atoms with Crippen molar-refractivity contribution in [2.75, 3.05) is 13.2 Å². The summed E-state index contributed by atoms with van der Waals surface area (Å²) in [4.78, 5) is 11.5. The van der Waals surface area contributed by atoms with Crippen molar-refractivity contribution in [1.29, 1.82) is 0 Å². The molecule has 106 valence electrons. The lowest BCUT2D eigenvalue weighted by Crippen LogP contribution is -2.19. The molecule has 0 spiro atoms. The highest BCUT2D eigenvalue weighted by Crippen LogP contribution is 2.22. The van der Waals surface area contributed by atoms with E-state index in [0.717, 1.165) is 12.8 Å². The lowest BCUT2D eigenvalue weighted by molar-refractivity contribution is 0.0153. The fraction of sp³-hybridized carbons (Fsp3) is 0.600. The van der Waals surface area contributed by atoms with Crippen molar-refractivity contribution in [3.63, 3.8) is 0 Å². The first-order valence-electron chi connectivity index (χ1n) is 5.68. The molecule has 0 radical (unpaired) electrons. The number of hydrogen-bond donors (Lipinski definition) is 1. The number of esters is 1. The number of rotatable bonds is 4. The molecule has 1 N–H and O–H groups in total. The van der Waals surface area contributed by atoms with Crippen LogP contribution in [0.25, 0.3) is 0 Å². The third-order valence-electron chi connectivity index (χ3n) is 2.75. The zero-order valence-electron chi connectivity index (χ0n) is 10.2. The van der Waals surface area contributed by atoms with Gasteiger partial charge in [-0.25, -0.2) is 13.2 Å². The molecule has 1 unspecified atom stereocenters. The Kier molecular flexibility index (Phi) is 4.12. The van der Waals surface area contributed by atoms with Gasteiger partial charge in [0.05, 0.1) is 11.8 Å². The molecule has 9 heteroatoms. The van der Waals surface area contributed by atoms with Gasteiger partial charge in [-0.2, -0.15) is 5.10 Å². The van der Waals surface area contributed by atoms with Crippen LogP contribution in [0.4, 0.5) is 0 Å². The van der Waals surface area contributed by atoms with Crippen LogP contribution >= 0.6 is 10.7 Å². The molecule has 7 nitrogen and oxygen atoms in total. The summed E-state index contributed by atoms with van der Waals surface area (Å²) >= 11 is 0. The molecule has 1 aliphatic heterocycles. The van der Waals surface area contributed by atoms with Crippen LogP contribution in [0.2, 0.25) is 0 Å². The summed E-state index contributed by atoms with van der Waals surface area (Å²) in [7, 11) is 1.20. The van der Waals surface area contributed by atoms with Crippen LogP contribution in [0, 0.1) is 6.92 Å². The largest absolute Gasteiger partial charge is 0.458 e. The van der Waals surface area contributed by atoms with Gasteiger partial charge in [0, 0.05) is 17.3 Å². The van der Waals surface area contributed by atoms with Gasteiger partial charge < -0.3 is 9.47 Å². The molecule has 0 aromatic carbocycles. The van der Waals surface area contributed by atoms with E-state index in [4.69, 9.17) is 20.2 Å². The van der Waals surface area contributed by atoms with Crippen molar-refractivity contribution in [3.05, 3.63) is 11.4 Å². The molecule has 1 aliphatic rings. The van der Waals surface area contributed by atoms with Crippen LogP contribution < -0.4 is 0 Å². The molecular weight excluding hydrogens is 296 g/mol. The van der Waals surface area contributed by atoms with Crippen LogP contribution in [-0.4, -0.2) is 43.9 Å². The molecule has 0 bridgehead atoms. The van der Waals surface area contributed by atoms with Crippen LogP contribution in [0.3, 0.4) is 0 Å². The molecule has 0 saturated carbocycles. The average molecular weight is 309 g/mol. The number of hydrogen-bond acceptors (Lipinski definition) is 6. The van der Waals surface area contributed by atoms with Gasteiger partial charge in [-0.15, -0.1) is 0 Å². The van der Waals surface area contributed by atoms with E-state index < -0.39 is 15.0 Å². The first kappa shape index (κ1) is 14.3. The lowest BCUT2D eigenvalue weighted by Gasteiger charge is -2.09. The summed E-state index contributed by atoms with van der Waals surface area (Å²) in [6.45, 7) is 2.18. The van der Waals surface area contributed by atoms with Crippen molar-refractivity contribution in [2.24, 2.45) is 0 Å². The summed E-state index contributed by atoms with van der Waals surface area (Å²) in [5, 5.41) is 6.03. The maximum Gasteiger partial charge on any atom is 0.360 e. The highest BCUT2D eigenvalue weighted by molar-refractivity contribution is 8.13. The monoisotopic (exact) mass is 308 g/mol. The van der Waals surface area contributed by atoms with Gasteiger partial charge in [-0.3, -0.25) is 5.10 Å². The van der Waals surface area contributed by atoms with E-state index in [1.54, 1.807) is 0 Å². The highest BCUT2D eigenvalue weighted by Gasteiger charge is 2.28. The predicted molar refractivity (Wildman–Crippen MR) is 65.6 cm³/mol. The molecule has 1 atom stereocenters. The van der Waals surface area contributed by atoms with Gasteiger partial charge >= 0.3 is 5.97 Å². The second-order valence-corrected chi connectivity index (χ2v) is 6.70. The number of aromatic nitrogens is 2. The average Bonchev–Trinajstić information content (AvgIpc) is 2.93. The van der Waals surface area contributed by atoms with E-state index in [2.05, 4.69) is 10.2 Å². The van der Waals surface area contributed by atoms with Gasteiger partial charge in [-0.1, -0.05) is 0 Å². The minimum absolute atomic E-state index is 0.0759. The van der Waals surface area contributed by atoms with E-state index >= 15 is 0 Å². The van der Waals surface area contributed by atoms with Crippen molar-refractivity contribution in [1.82, 2.24) is 10.2 Å². The number of carbonyl (C=O) groups is 1. The number of nitrogens with zero attached hydrogens (tertiary/aromatic N) is 1. The third-order valence-corrected chi connectivity index (χ3v) is 4.20. The number of ether oxygens (including phenoxy) is 2. The fourth-order valence-electron chi connectivity index (χ4n) is 1.87. The predicted octanol–water partition coefficient (Wildman–Crippen LogP) is 0.981. The quantitative estimate of drug-likeness (QED) is 0.657. The molecular formula is C10H13ClN2O5S. The fourth-order valence-corrected chi connectivity index (χ4v) is 3.21. The Balaban J connectivity index is 2.11. The number of halogens is 1. The van der Waals surface area contributed by atoms with Crippen LogP contribution in [0.5, 0.6) is 0 Å². The molecule has 2 rings (SSSR count). The van der Waals surface area contributed by atoms with Crippen molar-refractivity contribution in [3.8, 4) is 0 Å². The molecule has 0 amide bonds. The van der Waals surface area contributed by atoms with E-state index in [9.17, 15) is 13.2 Å². The standard InChI is InChI=1S/C10H13ClN2O5S/c1-6-9(19(11,15)16)8(13-12-6)10(14)18-5-7-3-2-4-17-7/h7H,2-5H2,1H3,(H,12,13). The Labute approximate surface area is 114 Å². The van der Waals surface area contributed by atoms with Crippen LogP contribution in [-0.2, 0) is 18.5 Å². The second kappa shape index (κ2) is 5.48. The van der Waals surface area contributed by atoms with E-state index in [1.165, 1.54) is 6.92 Å². The smallest absolute Gasteiger partial charge is 0.360 e. The Hall–Kier alpha value is -1.12. The Bertz CT molecular complexity index is 577. The maximum atomic E-state index is 11.8. The summed E-state index contributed by atoms with van der Waals surface area (Å²) in [6, 6.07) is 0. The Morgan fingerprint density at radius 3 is 2.95 bits per heavy atom. The highest BCUT2D eigenvalue weighted by atomic mass is 35.7. The summed E-state index contributed by atoms with van der Waals surface area (Å²) in [5.74, 6) is -0.834. The third kappa shape index (κ3) is 3.26. The lowest BCUT2D eigenvalue weighted by atomic mass is 10.2. The SMILES string of the molecule is Cc1[nH]nc(C(=O)OCC2CCCO2)c1S(=O)(=O)Cl. The molecule has 1 aromatic heterocycles. The number of carbonyl (C=O) groups excluding carboxylic acids is 1. The first-order chi connectivity index (χ1) is 8.89. The molecule has 1 fully saturated rings. The van der Waals surface area contributed by atoms with E-state index in [0.29, 0.717) is 6.61 Å². The summed E-state index contributed by atoms with van der Waals surface area (Å²) in [6.07, 6.45) is 1.60. The number of aromatic amines is 1. The van der Waals surface area contributed by atoms with Crippen LogP contribution in [0.15, 0.2) is 4.90 Å². The van der Waals surface area contributed by atoms with E-state index in [-0.39, 0.29) is 29.0 Å². The maximum absolute atomic E-state index is 11.8. The molecule has 19 heavy (non-hydrogen) atoms. The van der Waals surface area contributed by atoms with Crippen molar-refractivity contribution >= 4 is 25.7 Å². The molecule has 2 heterocycles. The zero-order valence-corrected chi connectivity index (χ0v) is 11.8. The summed E-state index contributed by atoms with van der Waals surface area (Å²) in [5.41, 5.74) is -0.135. The first-order valence-corrected chi connectivity index (χ1v) is 7.99. The molecule has 0 aliphatic carbocycles. The number of H-pyrrole nitrogens is 1. The zero-order chi connectivity index (χ0) is 14.0. The number of nitrogens with one attached hydrogen (secondary N) is 1. The topological polar surface area (TPSA) is 98.3 Å². The normalized spacial score (nSPS) is 19.6. The second-order valence-electron chi connectivity index (χ2n) is 4.20. The summed E-state index contributed by atoms with van der Waals surface area (Å²) < 4.78 is 33.0. The minimum atomic E-state index is -4.06. The van der Waals surface area contributed by atoms with Gasteiger partial charge in [0.25, 0.3) is 9.05 Å². The Morgan fingerprint density at radius 2 is 2.37 bits per heavy atom.